The maximum Gasteiger partial charge on any atom is 0.254 e. The monoisotopic (exact) mass is 360 g/mol. The molecule has 0 saturated heterocycles. The lowest BCUT2D eigenvalue weighted by Gasteiger charge is -2.29. The summed E-state index contributed by atoms with van der Waals surface area (Å²) in [6, 6.07) is 0. The van der Waals surface area contributed by atoms with Gasteiger partial charge in [0.25, 0.3) is 5.91 Å². The maximum absolute atomic E-state index is 13.3. The third kappa shape index (κ3) is 2.49. The molecule has 6 rings (SSSR count). The SMILES string of the molecule is COCCn1cc(C2(C)CC2)s/c1=N\C(=O)C12CC3CC(CC1C3)C2. The van der Waals surface area contributed by atoms with Crippen molar-refractivity contribution in [1.82, 2.24) is 4.57 Å². The van der Waals surface area contributed by atoms with Crippen molar-refractivity contribution in [1.29, 1.82) is 0 Å². The van der Waals surface area contributed by atoms with E-state index < -0.39 is 0 Å². The van der Waals surface area contributed by atoms with Gasteiger partial charge in [0.05, 0.1) is 12.0 Å². The van der Waals surface area contributed by atoms with E-state index in [1.165, 1.54) is 37.0 Å². The summed E-state index contributed by atoms with van der Waals surface area (Å²) in [6.45, 7) is 3.75. The number of hydrogen-bond acceptors (Lipinski definition) is 3. The summed E-state index contributed by atoms with van der Waals surface area (Å²) in [5.41, 5.74) is 0.208. The Morgan fingerprint density at radius 1 is 1.32 bits per heavy atom. The van der Waals surface area contributed by atoms with Gasteiger partial charge in [-0.05, 0) is 62.7 Å². The van der Waals surface area contributed by atoms with Gasteiger partial charge in [-0.1, -0.05) is 6.92 Å². The molecule has 1 heterocycles. The molecule has 5 saturated carbocycles. The number of methoxy groups -OCH3 is 1. The fourth-order valence-electron chi connectivity index (χ4n) is 5.87. The average Bonchev–Trinajstić information content (AvgIpc) is 3.01. The molecule has 4 nitrogen and oxygen atoms in total. The Morgan fingerprint density at radius 2 is 2.04 bits per heavy atom. The lowest BCUT2D eigenvalue weighted by atomic mass is 9.75. The van der Waals surface area contributed by atoms with Gasteiger partial charge in [-0.15, -0.1) is 11.3 Å². The van der Waals surface area contributed by atoms with Gasteiger partial charge in [0, 0.05) is 30.1 Å². The fraction of sp³-hybridized carbons (Fsp3) is 0.800. The van der Waals surface area contributed by atoms with E-state index in [2.05, 4.69) is 17.7 Å². The van der Waals surface area contributed by atoms with Crippen LogP contribution in [-0.4, -0.2) is 24.2 Å². The molecule has 5 aliphatic rings. The lowest BCUT2D eigenvalue weighted by Crippen LogP contribution is -2.33. The van der Waals surface area contributed by atoms with Gasteiger partial charge >= 0.3 is 0 Å². The van der Waals surface area contributed by atoms with Crippen LogP contribution in [0.2, 0.25) is 0 Å². The molecular weight excluding hydrogens is 332 g/mol. The summed E-state index contributed by atoms with van der Waals surface area (Å²) in [6.07, 6.45) is 10.8. The Kier molecular flexibility index (Phi) is 3.59. The van der Waals surface area contributed by atoms with Gasteiger partial charge in [0.2, 0.25) is 0 Å². The van der Waals surface area contributed by atoms with Crippen LogP contribution < -0.4 is 4.80 Å². The summed E-state index contributed by atoms with van der Waals surface area (Å²) < 4.78 is 7.42. The normalized spacial score (nSPS) is 37.8. The predicted octanol–water partition coefficient (Wildman–Crippen LogP) is 3.50. The molecule has 5 heteroatoms. The summed E-state index contributed by atoms with van der Waals surface area (Å²) >= 11 is 1.73. The summed E-state index contributed by atoms with van der Waals surface area (Å²) in [4.78, 5) is 20.3. The van der Waals surface area contributed by atoms with E-state index in [1.807, 2.05) is 0 Å². The Morgan fingerprint density at radius 3 is 2.68 bits per heavy atom. The molecule has 1 aromatic heterocycles. The van der Waals surface area contributed by atoms with Crippen molar-refractivity contribution in [3.8, 4) is 0 Å². The van der Waals surface area contributed by atoms with E-state index in [-0.39, 0.29) is 11.3 Å². The zero-order chi connectivity index (χ0) is 17.2. The summed E-state index contributed by atoms with van der Waals surface area (Å²) in [5.74, 6) is 2.38. The van der Waals surface area contributed by atoms with E-state index in [0.717, 1.165) is 36.0 Å². The average molecular weight is 361 g/mol. The molecule has 4 bridgehead atoms. The first-order valence-corrected chi connectivity index (χ1v) is 10.6. The smallest absolute Gasteiger partial charge is 0.254 e. The first-order valence-electron chi connectivity index (χ1n) is 9.81. The molecule has 0 N–H and O–H groups in total. The number of amides is 1. The number of ether oxygens (including phenoxy) is 1. The highest BCUT2D eigenvalue weighted by atomic mass is 32.1. The van der Waals surface area contributed by atoms with Crippen molar-refractivity contribution < 1.29 is 9.53 Å². The van der Waals surface area contributed by atoms with E-state index in [4.69, 9.17) is 9.73 Å². The minimum atomic E-state index is -0.111. The zero-order valence-electron chi connectivity index (χ0n) is 15.3. The largest absolute Gasteiger partial charge is 0.383 e. The second-order valence-corrected chi connectivity index (χ2v) is 10.3. The highest BCUT2D eigenvalue weighted by Gasteiger charge is 2.61. The molecule has 25 heavy (non-hydrogen) atoms. The number of thiazole rings is 1. The maximum atomic E-state index is 13.3. The number of aromatic nitrogens is 1. The van der Waals surface area contributed by atoms with E-state index in [1.54, 1.807) is 18.4 Å². The second-order valence-electron chi connectivity index (χ2n) is 9.24. The molecule has 2 atom stereocenters. The van der Waals surface area contributed by atoms with Crippen LogP contribution in [-0.2, 0) is 21.5 Å². The van der Waals surface area contributed by atoms with Crippen molar-refractivity contribution >= 4 is 17.2 Å². The van der Waals surface area contributed by atoms with Gasteiger partial charge in [-0.25, -0.2) is 0 Å². The van der Waals surface area contributed by atoms with Gasteiger partial charge in [-0.3, -0.25) is 4.79 Å². The topological polar surface area (TPSA) is 43.6 Å². The van der Waals surface area contributed by atoms with Crippen molar-refractivity contribution in [3.63, 3.8) is 0 Å². The Bertz CT molecular complexity index is 759. The fourth-order valence-corrected chi connectivity index (χ4v) is 7.09. The predicted molar refractivity (Wildman–Crippen MR) is 97.3 cm³/mol. The number of rotatable bonds is 5. The van der Waals surface area contributed by atoms with E-state index in [0.29, 0.717) is 17.9 Å². The molecular formula is C20H28N2O2S. The van der Waals surface area contributed by atoms with Crippen molar-refractivity contribution in [3.05, 3.63) is 15.9 Å². The minimum Gasteiger partial charge on any atom is -0.383 e. The first-order chi connectivity index (χ1) is 12.0. The molecule has 0 aromatic carbocycles. The third-order valence-corrected chi connectivity index (χ3v) is 8.79. The molecule has 1 amide bonds. The first kappa shape index (κ1) is 16.2. The van der Waals surface area contributed by atoms with Crippen LogP contribution in [0, 0.1) is 23.2 Å². The van der Waals surface area contributed by atoms with Crippen LogP contribution in [0.15, 0.2) is 11.2 Å². The second kappa shape index (κ2) is 5.53. The van der Waals surface area contributed by atoms with Crippen LogP contribution >= 0.6 is 11.3 Å². The molecule has 1 aromatic rings. The Hall–Kier alpha value is -0.940. The molecule has 2 unspecified atom stereocenters. The number of carbonyl (C=O) groups excluding carboxylic acids is 1. The summed E-state index contributed by atoms with van der Waals surface area (Å²) in [5, 5.41) is 0. The van der Waals surface area contributed by atoms with Crippen LogP contribution in [0.3, 0.4) is 0 Å². The van der Waals surface area contributed by atoms with E-state index in [9.17, 15) is 4.79 Å². The van der Waals surface area contributed by atoms with Crippen LogP contribution in [0.4, 0.5) is 0 Å². The van der Waals surface area contributed by atoms with Crippen molar-refractivity contribution in [2.75, 3.05) is 13.7 Å². The third-order valence-electron chi connectivity index (χ3n) is 7.46. The Labute approximate surface area is 153 Å². The molecule has 0 aliphatic heterocycles. The van der Waals surface area contributed by atoms with E-state index >= 15 is 0 Å². The molecule has 136 valence electrons. The van der Waals surface area contributed by atoms with Crippen LogP contribution in [0.5, 0.6) is 0 Å². The van der Waals surface area contributed by atoms with Gasteiger partial charge in [0.15, 0.2) is 4.80 Å². The molecule has 0 radical (unpaired) electrons. The van der Waals surface area contributed by atoms with Crippen LogP contribution in [0.1, 0.15) is 56.7 Å². The lowest BCUT2D eigenvalue weighted by molar-refractivity contribution is -0.129. The molecule has 5 fully saturated rings. The molecule has 0 spiro atoms. The highest BCUT2D eigenvalue weighted by Crippen LogP contribution is 2.65. The Balaban J connectivity index is 1.49. The van der Waals surface area contributed by atoms with Gasteiger partial charge < -0.3 is 9.30 Å². The van der Waals surface area contributed by atoms with Gasteiger partial charge in [0.1, 0.15) is 0 Å². The minimum absolute atomic E-state index is 0.111. The molecule has 5 aliphatic carbocycles. The van der Waals surface area contributed by atoms with Crippen molar-refractivity contribution in [2.24, 2.45) is 28.2 Å². The quantitative estimate of drug-likeness (QED) is 0.807. The summed E-state index contributed by atoms with van der Waals surface area (Å²) in [7, 11) is 1.73. The standard InChI is InChI=1S/C20H28N2O2S/c1-19(3-4-19)16-12-22(5-6-24-2)18(25-16)21-17(23)20-10-13-7-14(11-20)9-15(20)8-13/h12-15H,3-11H2,1-2H3/b21-18-. The number of hydrogen-bond donors (Lipinski definition) is 0. The van der Waals surface area contributed by atoms with Crippen LogP contribution in [0.25, 0.3) is 0 Å². The number of nitrogens with zero attached hydrogens (tertiary/aromatic N) is 2. The number of carbonyl (C=O) groups is 1. The van der Waals surface area contributed by atoms with Gasteiger partial charge in [-0.2, -0.15) is 4.99 Å². The van der Waals surface area contributed by atoms with Crippen molar-refractivity contribution in [2.45, 2.75) is 63.8 Å². The zero-order valence-corrected chi connectivity index (χ0v) is 16.1. The highest BCUT2D eigenvalue weighted by molar-refractivity contribution is 7.09.